The quantitative estimate of drug-likeness (QED) is 0.129. The number of aromatic carboxylic acids is 1. The first-order valence-electron chi connectivity index (χ1n) is 24.1. The van der Waals surface area contributed by atoms with Crippen molar-refractivity contribution < 1.29 is 84.8 Å². The van der Waals surface area contributed by atoms with E-state index in [9.17, 15) is 36.3 Å². The standard InChI is InChI=1S/C28H33N3O5S.C17H19NO4S.C11H14N2O3.Na/c1-18-25-23(17-35-28(5,6)36-25)21(15-29-18)16-30-26(32)20-13-11-19(12-14-20)22-9-7-8-10-24(22)37(33,34)31-27(2,3)4;1-17(2,3)18-23(21,22)15-7-5-4-6-14(15)12-8-10-13(11-9-12)16(19)20;1-6-9-8(5-15-11(2,3)16-9)7(4-13-6)10(12)14;/h7-15,31H,16-17H2,1-6H3,(H,30,32);4-11,18H,1-3H3,(H,19,20);4H,5H2,1-3H3,(H2,12,14);/q;;;+1/p-1. The van der Waals surface area contributed by atoms with Gasteiger partial charge in [-0.2, -0.15) is 0 Å². The Balaban J connectivity index is 0.000000233. The smallest absolute Gasteiger partial charge is 0.545 e. The molecule has 4 heterocycles. The molecule has 0 fully saturated rings. The maximum absolute atomic E-state index is 13.0. The van der Waals surface area contributed by atoms with Crippen LogP contribution in [0, 0.1) is 13.8 Å². The zero-order valence-electron chi connectivity index (χ0n) is 45.7. The predicted octanol–water partition coefficient (Wildman–Crippen LogP) is 4.64. The van der Waals surface area contributed by atoms with Crippen molar-refractivity contribution in [3.8, 4) is 33.8 Å². The average molecular weight is 1100 g/mol. The van der Waals surface area contributed by atoms with E-state index in [1.54, 1.807) is 127 Å². The van der Waals surface area contributed by atoms with Crippen molar-refractivity contribution >= 4 is 37.8 Å². The number of carboxylic acid groups (broad SMARTS) is 1. The normalized spacial score (nSPS) is 14.4. The fourth-order valence-electron chi connectivity index (χ4n) is 7.95. The van der Waals surface area contributed by atoms with Crippen molar-refractivity contribution in [3.63, 3.8) is 0 Å². The third kappa shape index (κ3) is 16.2. The van der Waals surface area contributed by atoms with E-state index in [1.165, 1.54) is 24.4 Å². The number of primary amides is 1. The molecular formula is C56H65N6NaO12S2. The van der Waals surface area contributed by atoms with Crippen LogP contribution in [0.5, 0.6) is 11.5 Å². The number of carboxylic acids is 1. The van der Waals surface area contributed by atoms with Crippen LogP contribution in [-0.4, -0.2) is 67.2 Å². The van der Waals surface area contributed by atoms with E-state index in [1.807, 2.05) is 41.5 Å². The van der Waals surface area contributed by atoms with Crippen LogP contribution in [0.15, 0.2) is 119 Å². The largest absolute Gasteiger partial charge is 1.00 e. The van der Waals surface area contributed by atoms with E-state index in [-0.39, 0.29) is 57.4 Å². The first kappa shape index (κ1) is 61.8. The maximum atomic E-state index is 13.0. The van der Waals surface area contributed by atoms with E-state index in [0.717, 1.165) is 22.5 Å². The van der Waals surface area contributed by atoms with Crippen LogP contribution in [0.1, 0.15) is 128 Å². The molecular weight excluding hydrogens is 1040 g/mol. The summed E-state index contributed by atoms with van der Waals surface area (Å²) >= 11 is 0. The molecule has 18 nitrogen and oxygen atoms in total. The summed E-state index contributed by atoms with van der Waals surface area (Å²) in [5.74, 6) is -2.18. The van der Waals surface area contributed by atoms with Crippen LogP contribution in [-0.2, 0) is 49.3 Å². The molecule has 0 atom stereocenters. The summed E-state index contributed by atoms with van der Waals surface area (Å²) < 4.78 is 79.4. The van der Waals surface area contributed by atoms with Gasteiger partial charge in [-0.15, -0.1) is 0 Å². The molecule has 4 aromatic carbocycles. The fourth-order valence-corrected chi connectivity index (χ4v) is 11.3. The van der Waals surface area contributed by atoms with E-state index >= 15 is 0 Å². The second-order valence-corrected chi connectivity index (χ2v) is 24.3. The number of pyridine rings is 2. The van der Waals surface area contributed by atoms with Crippen molar-refractivity contribution in [1.29, 1.82) is 0 Å². The van der Waals surface area contributed by atoms with Crippen LogP contribution in [0.3, 0.4) is 0 Å². The minimum atomic E-state index is -3.74. The molecule has 2 aliphatic rings. The molecule has 2 amide bonds. The Morgan fingerprint density at radius 1 is 0.623 bits per heavy atom. The molecule has 0 spiro atoms. The monoisotopic (exact) mass is 1100 g/mol. The molecule has 2 aromatic heterocycles. The topological polar surface area (TPSA) is 267 Å². The number of benzene rings is 4. The number of nitrogens with one attached hydrogen (secondary N) is 3. The Bertz CT molecular complexity index is 3370. The van der Waals surface area contributed by atoms with Gasteiger partial charge in [0, 0.05) is 85.5 Å². The Kier molecular flexibility index (Phi) is 19.5. The molecule has 77 heavy (non-hydrogen) atoms. The van der Waals surface area contributed by atoms with E-state index in [0.29, 0.717) is 63.7 Å². The van der Waals surface area contributed by atoms with E-state index in [4.69, 9.17) is 24.7 Å². The molecule has 0 unspecified atom stereocenters. The summed E-state index contributed by atoms with van der Waals surface area (Å²) in [6.45, 7) is 22.7. The van der Waals surface area contributed by atoms with Gasteiger partial charge in [0.1, 0.15) is 5.75 Å². The number of aromatic nitrogens is 2. The third-order valence-electron chi connectivity index (χ3n) is 11.4. The molecule has 6 aromatic rings. The van der Waals surface area contributed by atoms with Gasteiger partial charge in [0.2, 0.25) is 31.6 Å². The number of carbonyl (C=O) groups is 3. The number of hydrogen-bond donors (Lipinski definition) is 4. The van der Waals surface area contributed by atoms with Gasteiger partial charge in [0.25, 0.3) is 11.8 Å². The summed E-state index contributed by atoms with van der Waals surface area (Å²) in [5.41, 5.74) is 11.2. The number of amides is 2. The van der Waals surface area contributed by atoms with Gasteiger partial charge >= 0.3 is 29.6 Å². The molecule has 404 valence electrons. The SMILES string of the molecule is CC(C)(C)NS(=O)(=O)c1ccccc1-c1ccc(C(=O)[O-])cc1.Cc1ncc(C(N)=O)c2c1OC(C)(C)OC2.Cc1ncc(CNC(=O)c2ccc(-c3ccccc3S(=O)(=O)NC(C)(C)C)cc2)c2c1OC(C)(C)OC2.[Na+]. The molecule has 21 heteroatoms. The van der Waals surface area contributed by atoms with Crippen LogP contribution in [0.2, 0.25) is 0 Å². The molecule has 0 aliphatic carbocycles. The van der Waals surface area contributed by atoms with Crippen LogP contribution in [0.4, 0.5) is 0 Å². The van der Waals surface area contributed by atoms with Crippen molar-refractivity contribution in [2.45, 2.75) is 135 Å². The minimum Gasteiger partial charge on any atom is -0.545 e. The summed E-state index contributed by atoms with van der Waals surface area (Å²) in [4.78, 5) is 43.8. The number of sulfonamides is 2. The summed E-state index contributed by atoms with van der Waals surface area (Å²) in [6, 6.07) is 26.2. The molecule has 8 rings (SSSR count). The number of rotatable bonds is 11. The van der Waals surface area contributed by atoms with Crippen molar-refractivity contribution in [2.24, 2.45) is 5.73 Å². The van der Waals surface area contributed by atoms with Crippen molar-refractivity contribution in [3.05, 3.63) is 154 Å². The maximum Gasteiger partial charge on any atom is 1.00 e. The number of nitrogens with two attached hydrogens (primary N) is 1. The Hall–Kier alpha value is -6.07. The van der Waals surface area contributed by atoms with Crippen LogP contribution in [0.25, 0.3) is 22.3 Å². The third-order valence-corrected chi connectivity index (χ3v) is 15.0. The van der Waals surface area contributed by atoms with Crippen molar-refractivity contribution in [2.75, 3.05) is 0 Å². The Labute approximate surface area is 473 Å². The second-order valence-electron chi connectivity index (χ2n) is 21.0. The van der Waals surface area contributed by atoms with Crippen LogP contribution < -0.4 is 64.6 Å². The van der Waals surface area contributed by atoms with E-state index < -0.39 is 54.6 Å². The molecule has 2 aliphatic heterocycles. The number of ether oxygens (including phenoxy) is 4. The Morgan fingerprint density at radius 2 is 1.03 bits per heavy atom. The predicted molar refractivity (Wildman–Crippen MR) is 285 cm³/mol. The molecule has 0 bridgehead atoms. The first-order valence-corrected chi connectivity index (χ1v) is 27.1. The summed E-state index contributed by atoms with van der Waals surface area (Å²) in [7, 11) is -7.44. The fraction of sp³-hybridized carbons (Fsp3) is 0.339. The zero-order valence-corrected chi connectivity index (χ0v) is 49.3. The molecule has 0 radical (unpaired) electrons. The van der Waals surface area contributed by atoms with Gasteiger partial charge in [-0.1, -0.05) is 72.8 Å². The van der Waals surface area contributed by atoms with Gasteiger partial charge in [0.15, 0.2) is 5.75 Å². The van der Waals surface area contributed by atoms with E-state index in [2.05, 4.69) is 24.7 Å². The number of fused-ring (bicyclic) bond motifs is 2. The van der Waals surface area contributed by atoms with Gasteiger partial charge in [-0.3, -0.25) is 19.6 Å². The zero-order chi connectivity index (χ0) is 56.2. The van der Waals surface area contributed by atoms with Gasteiger partial charge in [-0.05, 0) is 102 Å². The molecule has 5 N–H and O–H groups in total. The summed E-state index contributed by atoms with van der Waals surface area (Å²) in [5, 5.41) is 13.7. The number of nitrogens with zero attached hydrogens (tertiary/aromatic N) is 2. The van der Waals surface area contributed by atoms with Gasteiger partial charge < -0.3 is 39.9 Å². The average Bonchev–Trinajstić information content (AvgIpc) is 3.32. The number of carbonyl (C=O) groups excluding carboxylic acids is 3. The Morgan fingerprint density at radius 3 is 1.45 bits per heavy atom. The van der Waals surface area contributed by atoms with Crippen LogP contribution >= 0.6 is 0 Å². The molecule has 0 saturated carbocycles. The molecule has 0 saturated heterocycles. The van der Waals surface area contributed by atoms with Crippen molar-refractivity contribution in [1.82, 2.24) is 24.7 Å². The first-order chi connectivity index (χ1) is 35.3. The summed E-state index contributed by atoms with van der Waals surface area (Å²) in [6.07, 6.45) is 3.19. The number of aryl methyl sites for hydroxylation is 2. The van der Waals surface area contributed by atoms with Gasteiger partial charge in [-0.25, -0.2) is 26.3 Å². The second kappa shape index (κ2) is 24.3. The number of hydrogen-bond acceptors (Lipinski definition) is 14. The van der Waals surface area contributed by atoms with Gasteiger partial charge in [0.05, 0.1) is 45.9 Å². The minimum absolute atomic E-state index is 0.